The number of nitrogens with zero attached hydrogens (tertiary/aromatic N) is 2. The van der Waals surface area contributed by atoms with Crippen LogP contribution in [0.1, 0.15) is 30.3 Å². The van der Waals surface area contributed by atoms with E-state index in [9.17, 15) is 0 Å². The first-order valence-electron chi connectivity index (χ1n) is 9.25. The van der Waals surface area contributed by atoms with E-state index >= 15 is 0 Å². The Kier molecular flexibility index (Phi) is 6.25. The third-order valence-electron chi connectivity index (χ3n) is 4.49. The summed E-state index contributed by atoms with van der Waals surface area (Å²) in [6.07, 6.45) is 2.95. The molecule has 3 N–H and O–H groups in total. The highest BCUT2D eigenvalue weighted by atomic mass is 15.2. The number of aromatic nitrogens is 2. The van der Waals surface area contributed by atoms with Crippen LogP contribution in [-0.4, -0.2) is 29.5 Å². The highest BCUT2D eigenvalue weighted by Gasteiger charge is 2.04. The van der Waals surface area contributed by atoms with Crippen LogP contribution < -0.4 is 10.6 Å². The minimum Gasteiger partial charge on any atom is -0.356 e. The van der Waals surface area contributed by atoms with Crippen molar-refractivity contribution in [2.45, 2.75) is 32.7 Å². The maximum absolute atomic E-state index is 4.62. The second-order valence-corrected chi connectivity index (χ2v) is 6.28. The molecule has 0 radical (unpaired) electrons. The lowest BCUT2D eigenvalue weighted by atomic mass is 10.1. The Hall–Kier alpha value is -2.82. The van der Waals surface area contributed by atoms with Crippen molar-refractivity contribution in [3.8, 4) is 0 Å². The van der Waals surface area contributed by atoms with Crippen LogP contribution in [0.4, 0.5) is 0 Å². The number of hydrogen-bond donors (Lipinski definition) is 3. The van der Waals surface area contributed by atoms with Gasteiger partial charge in [0.1, 0.15) is 5.82 Å². The minimum atomic E-state index is 0.785. The van der Waals surface area contributed by atoms with Crippen molar-refractivity contribution in [2.24, 2.45) is 4.99 Å². The van der Waals surface area contributed by atoms with Crippen LogP contribution in [0, 0.1) is 0 Å². The summed E-state index contributed by atoms with van der Waals surface area (Å²) in [4.78, 5) is 12.3. The van der Waals surface area contributed by atoms with Gasteiger partial charge in [-0.15, -0.1) is 0 Å². The van der Waals surface area contributed by atoms with Gasteiger partial charge in [-0.25, -0.2) is 4.98 Å². The highest BCUT2D eigenvalue weighted by Crippen LogP contribution is 2.11. The number of aryl methyl sites for hydroxylation is 2. The topological polar surface area (TPSA) is 65.1 Å². The first kappa shape index (κ1) is 18.0. The summed E-state index contributed by atoms with van der Waals surface area (Å²) >= 11 is 0. The number of para-hydroxylation sites is 2. The maximum Gasteiger partial charge on any atom is 0.191 e. The lowest BCUT2D eigenvalue weighted by Gasteiger charge is -2.13. The quantitative estimate of drug-likeness (QED) is 0.348. The third-order valence-corrected chi connectivity index (χ3v) is 4.49. The predicted molar refractivity (Wildman–Crippen MR) is 108 cm³/mol. The van der Waals surface area contributed by atoms with Gasteiger partial charge in [-0.1, -0.05) is 43.3 Å². The van der Waals surface area contributed by atoms with Crippen LogP contribution in [0.3, 0.4) is 0 Å². The molecule has 136 valence electrons. The zero-order chi connectivity index (χ0) is 18.2. The largest absolute Gasteiger partial charge is 0.356 e. The highest BCUT2D eigenvalue weighted by molar-refractivity contribution is 5.79. The Morgan fingerprint density at radius 3 is 2.58 bits per heavy atom. The molecule has 0 bridgehead atoms. The van der Waals surface area contributed by atoms with E-state index in [1.54, 1.807) is 7.05 Å². The van der Waals surface area contributed by atoms with Gasteiger partial charge < -0.3 is 15.6 Å². The number of aliphatic imine (C=N–C) groups is 1. The average Bonchev–Trinajstić information content (AvgIpc) is 3.10. The fourth-order valence-corrected chi connectivity index (χ4v) is 3.06. The zero-order valence-electron chi connectivity index (χ0n) is 15.5. The molecule has 3 rings (SSSR count). The summed E-state index contributed by atoms with van der Waals surface area (Å²) in [6, 6.07) is 16.7. The van der Waals surface area contributed by atoms with Crippen LogP contribution in [0.15, 0.2) is 53.5 Å². The number of guanidine groups is 1. The predicted octanol–water partition coefficient (Wildman–Crippen LogP) is 3.42. The molecule has 5 heteroatoms. The molecule has 2 aromatic carbocycles. The van der Waals surface area contributed by atoms with Crippen molar-refractivity contribution in [2.75, 3.05) is 13.6 Å². The van der Waals surface area contributed by atoms with Crippen LogP contribution >= 0.6 is 0 Å². The third kappa shape index (κ3) is 4.63. The van der Waals surface area contributed by atoms with Gasteiger partial charge in [-0.05, 0) is 36.1 Å². The van der Waals surface area contributed by atoms with Gasteiger partial charge in [-0.2, -0.15) is 0 Å². The SMILES string of the molecule is CCc1ccccc1CNC(=NC)NCCCc1nc2ccccc2[nH]1. The van der Waals surface area contributed by atoms with E-state index in [2.05, 4.69) is 62.8 Å². The van der Waals surface area contributed by atoms with E-state index < -0.39 is 0 Å². The van der Waals surface area contributed by atoms with Gasteiger partial charge in [0.2, 0.25) is 0 Å². The Morgan fingerprint density at radius 2 is 1.81 bits per heavy atom. The Bertz CT molecular complexity index is 832. The van der Waals surface area contributed by atoms with E-state index in [0.717, 1.165) is 55.2 Å². The number of fused-ring (bicyclic) bond motifs is 1. The smallest absolute Gasteiger partial charge is 0.191 e. The summed E-state index contributed by atoms with van der Waals surface area (Å²) < 4.78 is 0. The van der Waals surface area contributed by atoms with Crippen molar-refractivity contribution < 1.29 is 0 Å². The molecule has 0 saturated carbocycles. The molecule has 1 aromatic heterocycles. The van der Waals surface area contributed by atoms with E-state index in [1.807, 2.05) is 18.2 Å². The minimum absolute atomic E-state index is 0.785. The second kappa shape index (κ2) is 9.04. The summed E-state index contributed by atoms with van der Waals surface area (Å²) in [5.74, 6) is 1.87. The van der Waals surface area contributed by atoms with Crippen molar-refractivity contribution in [3.05, 3.63) is 65.5 Å². The Labute approximate surface area is 155 Å². The van der Waals surface area contributed by atoms with E-state index in [0.29, 0.717) is 0 Å². The molecular formula is C21H27N5. The van der Waals surface area contributed by atoms with Gasteiger partial charge in [0.25, 0.3) is 0 Å². The van der Waals surface area contributed by atoms with Crippen LogP contribution in [0.5, 0.6) is 0 Å². The standard InChI is InChI=1S/C21H27N5/c1-3-16-9-4-5-10-17(16)15-24-21(22-2)23-14-8-13-20-25-18-11-6-7-12-19(18)26-20/h4-7,9-12H,3,8,13-15H2,1-2H3,(H,25,26)(H2,22,23,24). The molecule has 3 aromatic rings. The average molecular weight is 349 g/mol. The number of benzene rings is 2. The van der Waals surface area contributed by atoms with Crippen molar-refractivity contribution >= 4 is 17.0 Å². The second-order valence-electron chi connectivity index (χ2n) is 6.28. The maximum atomic E-state index is 4.62. The lowest BCUT2D eigenvalue weighted by molar-refractivity contribution is 0.725. The molecule has 0 spiro atoms. The van der Waals surface area contributed by atoms with Gasteiger partial charge in [0, 0.05) is 26.6 Å². The number of H-pyrrole nitrogens is 1. The normalized spacial score (nSPS) is 11.7. The lowest BCUT2D eigenvalue weighted by Crippen LogP contribution is -2.37. The van der Waals surface area contributed by atoms with Gasteiger partial charge in [0.05, 0.1) is 11.0 Å². The van der Waals surface area contributed by atoms with Crippen LogP contribution in [0.25, 0.3) is 11.0 Å². The van der Waals surface area contributed by atoms with E-state index in [1.165, 1.54) is 11.1 Å². The fourth-order valence-electron chi connectivity index (χ4n) is 3.06. The summed E-state index contributed by atoms with van der Waals surface area (Å²) in [5.41, 5.74) is 4.82. The van der Waals surface area contributed by atoms with Gasteiger partial charge >= 0.3 is 0 Å². The number of imidazole rings is 1. The van der Waals surface area contributed by atoms with Crippen molar-refractivity contribution in [1.29, 1.82) is 0 Å². The molecule has 26 heavy (non-hydrogen) atoms. The van der Waals surface area contributed by atoms with Crippen LogP contribution in [0.2, 0.25) is 0 Å². The molecule has 5 nitrogen and oxygen atoms in total. The molecule has 0 unspecified atom stereocenters. The molecule has 0 saturated heterocycles. The summed E-state index contributed by atoms with van der Waals surface area (Å²) in [7, 11) is 1.81. The Morgan fingerprint density at radius 1 is 1.04 bits per heavy atom. The first-order valence-corrected chi connectivity index (χ1v) is 9.25. The monoisotopic (exact) mass is 349 g/mol. The molecule has 0 fully saturated rings. The molecule has 0 aliphatic rings. The van der Waals surface area contributed by atoms with Gasteiger partial charge in [0.15, 0.2) is 5.96 Å². The molecule has 0 aliphatic carbocycles. The zero-order valence-corrected chi connectivity index (χ0v) is 15.5. The number of nitrogens with one attached hydrogen (secondary N) is 3. The molecular weight excluding hydrogens is 322 g/mol. The van der Waals surface area contributed by atoms with E-state index in [4.69, 9.17) is 0 Å². The van der Waals surface area contributed by atoms with E-state index in [-0.39, 0.29) is 0 Å². The molecule has 1 heterocycles. The molecule has 0 amide bonds. The fraction of sp³-hybridized carbons (Fsp3) is 0.333. The van der Waals surface area contributed by atoms with Crippen LogP contribution in [-0.2, 0) is 19.4 Å². The summed E-state index contributed by atoms with van der Waals surface area (Å²) in [6.45, 7) is 3.82. The number of rotatable bonds is 7. The number of aromatic amines is 1. The first-order chi connectivity index (χ1) is 12.8. The Balaban J connectivity index is 1.44. The molecule has 0 atom stereocenters. The van der Waals surface area contributed by atoms with Crippen molar-refractivity contribution in [1.82, 2.24) is 20.6 Å². The van der Waals surface area contributed by atoms with Crippen molar-refractivity contribution in [3.63, 3.8) is 0 Å². The summed E-state index contributed by atoms with van der Waals surface area (Å²) in [5, 5.41) is 6.77. The van der Waals surface area contributed by atoms with Gasteiger partial charge in [-0.3, -0.25) is 4.99 Å². The number of hydrogen-bond acceptors (Lipinski definition) is 2. The molecule has 0 aliphatic heterocycles.